The van der Waals surface area contributed by atoms with Gasteiger partial charge in [-0.15, -0.1) is 0 Å². The summed E-state index contributed by atoms with van der Waals surface area (Å²) in [7, 11) is -2.95. The molecular weight excluding hydrogens is 414 g/mol. The van der Waals surface area contributed by atoms with Crippen LogP contribution in [-0.2, 0) is 20.1 Å². The third-order valence-corrected chi connectivity index (χ3v) is 7.78. The van der Waals surface area contributed by atoms with Crippen LogP contribution in [0.2, 0.25) is 0 Å². The lowest BCUT2D eigenvalue weighted by Gasteiger charge is -2.33. The molecule has 0 amide bonds. The number of nitrogens with one attached hydrogen (secondary N) is 1. The second-order valence-electron chi connectivity index (χ2n) is 8.55. The average molecular weight is 440 g/mol. The maximum absolute atomic E-state index is 13.4. The number of aromatic amines is 1. The molecule has 162 valence electrons. The molecule has 1 aromatic heterocycles. The van der Waals surface area contributed by atoms with Gasteiger partial charge in [0.1, 0.15) is 5.75 Å². The lowest BCUT2D eigenvalue weighted by Crippen LogP contribution is -2.42. The minimum Gasteiger partial charge on any atom is -0.399 e. The van der Waals surface area contributed by atoms with E-state index in [-0.39, 0.29) is 5.78 Å². The van der Waals surface area contributed by atoms with Crippen molar-refractivity contribution in [2.75, 3.05) is 32.0 Å². The Labute approximate surface area is 181 Å². The molecule has 5 rings (SSSR count). The van der Waals surface area contributed by atoms with Gasteiger partial charge in [-0.05, 0) is 35.9 Å². The molecular formula is C23H25N3O4S. The number of hydrogen-bond acceptors (Lipinski definition) is 5. The van der Waals surface area contributed by atoms with Gasteiger partial charge in [-0.1, -0.05) is 19.9 Å². The number of aromatic nitrogens is 1. The Bertz CT molecular complexity index is 1320. The largest absolute Gasteiger partial charge is 0.399 e. The summed E-state index contributed by atoms with van der Waals surface area (Å²) in [5.74, 6) is 4.20. The van der Waals surface area contributed by atoms with Crippen LogP contribution in [0.5, 0.6) is 5.75 Å². The fraction of sp³-hybridized carbons (Fsp3) is 0.304. The van der Waals surface area contributed by atoms with Crippen molar-refractivity contribution in [2.24, 2.45) is 0 Å². The second kappa shape index (κ2) is 6.85. The van der Waals surface area contributed by atoms with Crippen LogP contribution in [0.25, 0.3) is 10.9 Å². The Kier molecular flexibility index (Phi) is 4.44. The summed E-state index contributed by atoms with van der Waals surface area (Å²) in [6.07, 6.45) is 0. The lowest BCUT2D eigenvalue weighted by molar-refractivity contribution is 0.0724. The van der Waals surface area contributed by atoms with E-state index in [1.165, 1.54) is 0 Å². The molecule has 2 heterocycles. The Balaban J connectivity index is 1.57. The first kappa shape index (κ1) is 20.1. The van der Waals surface area contributed by atoms with Crippen molar-refractivity contribution < 1.29 is 17.9 Å². The Morgan fingerprint density at radius 2 is 1.94 bits per heavy atom. The van der Waals surface area contributed by atoms with E-state index < -0.39 is 15.4 Å². The SMILES string of the molecule is C=S(=O)(Oc1ccc2c(c1)C(C)(C)c1[nH]c3cc(N)ccc3c1C2=O)N1CCOCC1. The van der Waals surface area contributed by atoms with E-state index in [2.05, 4.69) is 24.7 Å². The Morgan fingerprint density at radius 3 is 2.68 bits per heavy atom. The van der Waals surface area contributed by atoms with E-state index in [4.69, 9.17) is 14.7 Å². The molecule has 3 aromatic rings. The van der Waals surface area contributed by atoms with Crippen LogP contribution >= 0.6 is 0 Å². The van der Waals surface area contributed by atoms with Crippen LogP contribution in [-0.4, -0.2) is 51.5 Å². The first-order chi connectivity index (χ1) is 14.7. The van der Waals surface area contributed by atoms with Gasteiger partial charge in [0.15, 0.2) is 15.8 Å². The highest BCUT2D eigenvalue weighted by Gasteiger charge is 2.40. The number of H-pyrrole nitrogens is 1. The summed E-state index contributed by atoms with van der Waals surface area (Å²) >= 11 is 0. The average Bonchev–Trinajstić information content (AvgIpc) is 3.12. The number of ketones is 1. The number of fused-ring (bicyclic) bond motifs is 4. The van der Waals surface area contributed by atoms with Gasteiger partial charge >= 0.3 is 0 Å². The van der Waals surface area contributed by atoms with Gasteiger partial charge in [-0.3, -0.25) is 4.79 Å². The summed E-state index contributed by atoms with van der Waals surface area (Å²) < 4.78 is 26.0. The summed E-state index contributed by atoms with van der Waals surface area (Å²) in [4.78, 5) is 16.8. The number of ether oxygens (including phenoxy) is 1. The maximum atomic E-state index is 13.4. The van der Waals surface area contributed by atoms with Gasteiger partial charge in [0, 0.05) is 52.2 Å². The normalized spacial score (nSPS) is 20.1. The molecule has 1 fully saturated rings. The first-order valence-electron chi connectivity index (χ1n) is 10.2. The number of rotatable bonds is 3. The molecule has 1 unspecified atom stereocenters. The van der Waals surface area contributed by atoms with E-state index in [9.17, 15) is 9.00 Å². The molecule has 8 heteroatoms. The van der Waals surface area contributed by atoms with Crippen molar-refractivity contribution in [2.45, 2.75) is 19.3 Å². The first-order valence-corrected chi connectivity index (χ1v) is 11.8. The molecule has 1 aliphatic carbocycles. The minimum atomic E-state index is -2.95. The zero-order valence-corrected chi connectivity index (χ0v) is 18.4. The highest BCUT2D eigenvalue weighted by Crippen LogP contribution is 2.45. The topological polar surface area (TPSA) is 97.7 Å². The minimum absolute atomic E-state index is 0.0459. The second-order valence-corrected chi connectivity index (χ2v) is 10.4. The molecule has 2 aromatic carbocycles. The molecule has 7 nitrogen and oxygen atoms in total. The summed E-state index contributed by atoms with van der Waals surface area (Å²) in [5, 5.41) is 0.862. The molecule has 31 heavy (non-hydrogen) atoms. The smallest absolute Gasteiger partial charge is 0.195 e. The molecule has 2 aliphatic rings. The van der Waals surface area contributed by atoms with Crippen LogP contribution in [0.4, 0.5) is 5.69 Å². The van der Waals surface area contributed by atoms with E-state index in [1.54, 1.807) is 28.6 Å². The predicted octanol–water partition coefficient (Wildman–Crippen LogP) is 2.88. The van der Waals surface area contributed by atoms with Crippen LogP contribution in [0.15, 0.2) is 36.4 Å². The molecule has 0 radical (unpaired) electrons. The van der Waals surface area contributed by atoms with Crippen LogP contribution in [0.1, 0.15) is 41.0 Å². The fourth-order valence-electron chi connectivity index (χ4n) is 4.51. The summed E-state index contributed by atoms with van der Waals surface area (Å²) in [6.45, 7) is 6.11. The number of anilines is 1. The molecule has 1 saturated heterocycles. The van der Waals surface area contributed by atoms with Gasteiger partial charge in [0.05, 0.1) is 18.8 Å². The quantitative estimate of drug-likeness (QED) is 0.483. The zero-order chi connectivity index (χ0) is 22.0. The van der Waals surface area contributed by atoms with Crippen LogP contribution in [0, 0.1) is 0 Å². The number of hydrogen-bond donors (Lipinski definition) is 2. The number of carbonyl (C=O) groups excluding carboxylic acids is 1. The van der Waals surface area contributed by atoms with Gasteiger partial charge in [0.2, 0.25) is 0 Å². The Hall–Kier alpha value is -2.81. The molecule has 0 bridgehead atoms. The molecule has 3 N–H and O–H groups in total. The number of nitrogen functional groups attached to an aromatic ring is 1. The van der Waals surface area contributed by atoms with E-state index >= 15 is 0 Å². The molecule has 1 atom stereocenters. The van der Waals surface area contributed by atoms with Crippen molar-refractivity contribution >= 4 is 38.2 Å². The number of nitrogens with zero attached hydrogens (tertiary/aromatic N) is 1. The monoisotopic (exact) mass is 439 g/mol. The van der Waals surface area contributed by atoms with Crippen molar-refractivity contribution in [1.29, 1.82) is 0 Å². The van der Waals surface area contributed by atoms with Gasteiger partial charge in [-0.2, -0.15) is 4.31 Å². The number of morpholine rings is 1. The van der Waals surface area contributed by atoms with Crippen LogP contribution in [0.3, 0.4) is 0 Å². The Morgan fingerprint density at radius 1 is 1.19 bits per heavy atom. The van der Waals surface area contributed by atoms with Crippen LogP contribution < -0.4 is 9.92 Å². The van der Waals surface area contributed by atoms with Crippen molar-refractivity contribution in [3.05, 3.63) is 58.8 Å². The molecule has 0 spiro atoms. The number of benzene rings is 2. The summed E-state index contributed by atoms with van der Waals surface area (Å²) in [6, 6.07) is 10.8. The van der Waals surface area contributed by atoms with E-state index in [0.29, 0.717) is 48.9 Å². The highest BCUT2D eigenvalue weighted by molar-refractivity contribution is 7.94. The van der Waals surface area contributed by atoms with Crippen molar-refractivity contribution in [3.63, 3.8) is 0 Å². The van der Waals surface area contributed by atoms with Crippen molar-refractivity contribution in [3.8, 4) is 5.75 Å². The van der Waals surface area contributed by atoms with Gasteiger partial charge in [-0.25, -0.2) is 4.21 Å². The van der Waals surface area contributed by atoms with E-state index in [1.807, 2.05) is 12.1 Å². The molecule has 1 aliphatic heterocycles. The van der Waals surface area contributed by atoms with Crippen molar-refractivity contribution in [1.82, 2.24) is 9.29 Å². The summed E-state index contributed by atoms with van der Waals surface area (Å²) in [5.41, 5.74) is 9.87. The van der Waals surface area contributed by atoms with E-state index in [0.717, 1.165) is 22.2 Å². The number of carbonyl (C=O) groups is 1. The fourth-order valence-corrected chi connectivity index (χ4v) is 5.72. The predicted molar refractivity (Wildman–Crippen MR) is 123 cm³/mol. The zero-order valence-electron chi connectivity index (χ0n) is 17.6. The third kappa shape index (κ3) is 3.13. The highest BCUT2D eigenvalue weighted by atomic mass is 32.2. The third-order valence-electron chi connectivity index (χ3n) is 6.17. The number of nitrogens with two attached hydrogens (primary N) is 1. The molecule has 0 saturated carbocycles. The van der Waals surface area contributed by atoms with Gasteiger partial charge in [0.25, 0.3) is 0 Å². The van der Waals surface area contributed by atoms with Gasteiger partial charge < -0.3 is 19.6 Å². The maximum Gasteiger partial charge on any atom is 0.195 e. The lowest BCUT2D eigenvalue weighted by atomic mass is 9.71. The standard InChI is InChI=1S/C23H25N3O4S/c1-23(2)18-13-15(30-31(3,28)26-8-10-29-11-9-26)5-7-16(18)21(27)20-17-6-4-14(24)12-19(17)25-22(20)23/h4-7,12-13,25H,3,8-11,24H2,1-2H3.